The third-order valence-electron chi connectivity index (χ3n) is 2.64. The van der Waals surface area contributed by atoms with Crippen LogP contribution in [0.25, 0.3) is 0 Å². The van der Waals surface area contributed by atoms with Crippen molar-refractivity contribution in [2.24, 2.45) is 0 Å². The first kappa shape index (κ1) is 21.5. The fourth-order valence-corrected chi connectivity index (χ4v) is 9.46. The van der Waals surface area contributed by atoms with E-state index in [1.54, 1.807) is 9.83 Å². The first-order valence-corrected chi connectivity index (χ1v) is 14.4. The summed E-state index contributed by atoms with van der Waals surface area (Å²) in [5.41, 5.74) is 0. The molecule has 0 fully saturated rings. The first-order valence-electron chi connectivity index (χ1n) is 7.06. The van der Waals surface area contributed by atoms with Crippen molar-refractivity contribution < 1.29 is 13.3 Å². The van der Waals surface area contributed by atoms with Gasteiger partial charge in [-0.15, -0.1) is 31.4 Å². The maximum Gasteiger partial charge on any atom is 0.500 e. The van der Waals surface area contributed by atoms with Crippen LogP contribution in [0.1, 0.15) is 33.6 Å². The van der Waals surface area contributed by atoms with E-state index in [0.717, 1.165) is 30.4 Å². The zero-order chi connectivity index (χ0) is 15.5. The molecule has 1 unspecified atom stereocenters. The molecule has 0 amide bonds. The van der Waals surface area contributed by atoms with Crippen LogP contribution in [0.3, 0.4) is 0 Å². The summed E-state index contributed by atoms with van der Waals surface area (Å²) in [6, 6.07) is 0.851. The van der Waals surface area contributed by atoms with Gasteiger partial charge in [-0.25, -0.2) is 0 Å². The van der Waals surface area contributed by atoms with Gasteiger partial charge >= 0.3 is 8.80 Å². The van der Waals surface area contributed by atoms with E-state index in [1.807, 2.05) is 20.8 Å². The fourth-order valence-electron chi connectivity index (χ4n) is 1.92. The Balaban J connectivity index is 4.50. The highest BCUT2D eigenvalue weighted by Gasteiger charge is 2.40. The summed E-state index contributed by atoms with van der Waals surface area (Å²) >= 11 is 9.18. The van der Waals surface area contributed by atoms with Crippen LogP contribution < -0.4 is 0 Å². The van der Waals surface area contributed by atoms with Gasteiger partial charge in [-0.3, -0.25) is 0 Å². The van der Waals surface area contributed by atoms with E-state index < -0.39 is 16.9 Å². The van der Waals surface area contributed by atoms with Gasteiger partial charge in [0, 0.05) is 25.9 Å². The van der Waals surface area contributed by atoms with Gasteiger partial charge in [0.15, 0.2) is 0 Å². The molecule has 20 heavy (non-hydrogen) atoms. The molecule has 0 saturated carbocycles. The summed E-state index contributed by atoms with van der Waals surface area (Å²) in [4.78, 5) is 0. The fraction of sp³-hybridized carbons (Fsp3) is 0.917. The molecule has 0 aliphatic rings. The van der Waals surface area contributed by atoms with Crippen LogP contribution in [0.4, 0.5) is 0 Å². The van der Waals surface area contributed by atoms with E-state index in [2.05, 4.69) is 18.6 Å². The highest BCUT2D eigenvalue weighted by atomic mass is 33.7. The van der Waals surface area contributed by atoms with E-state index in [-0.39, 0.29) is 0 Å². The summed E-state index contributed by atoms with van der Waals surface area (Å²) in [7, 11) is -1.94. The number of thiol groups is 2. The molecule has 3 nitrogen and oxygen atoms in total. The molecule has 0 aromatic carbocycles. The standard InChI is InChI=1S/C12H29O3S4Si/c1-5-10-19(17,18-16)11-9-12-20(13-6-2,14-7-3)15-8-4/h16-17H,1,5-12H2,2-4H3. The minimum Gasteiger partial charge on any atom is -0.374 e. The predicted molar refractivity (Wildman–Crippen MR) is 103 cm³/mol. The summed E-state index contributed by atoms with van der Waals surface area (Å²) < 4.78 is 17.6. The van der Waals surface area contributed by atoms with Crippen molar-refractivity contribution in [3.8, 4) is 0 Å². The molecule has 8 heteroatoms. The van der Waals surface area contributed by atoms with Gasteiger partial charge in [0.1, 0.15) is 0 Å². The topological polar surface area (TPSA) is 27.7 Å². The lowest BCUT2D eigenvalue weighted by atomic mass is 10.6. The summed E-state index contributed by atoms with van der Waals surface area (Å²) in [5.74, 6) is 2.05. The average molecular weight is 378 g/mol. The monoisotopic (exact) mass is 377 g/mol. The molecule has 0 aliphatic heterocycles. The van der Waals surface area contributed by atoms with Gasteiger partial charge in [-0.2, -0.15) is 0 Å². The molecule has 0 heterocycles. The maximum atomic E-state index is 5.86. The zero-order valence-electron chi connectivity index (χ0n) is 12.8. The van der Waals surface area contributed by atoms with Crippen molar-refractivity contribution in [2.75, 3.05) is 31.3 Å². The number of hydrogen-bond donors (Lipinski definition) is 2. The number of rotatable bonds is 13. The molecular formula is C12H29O3S4Si. The van der Waals surface area contributed by atoms with Crippen molar-refractivity contribution in [1.29, 1.82) is 0 Å². The Kier molecular flexibility index (Phi) is 12.9. The average Bonchev–Trinajstić information content (AvgIpc) is 2.40. The normalized spacial score (nSPS) is 16.9. The van der Waals surface area contributed by atoms with Crippen LogP contribution in [0.5, 0.6) is 0 Å². The Morgan fingerprint density at radius 1 is 1.05 bits per heavy atom. The zero-order valence-corrected chi connectivity index (χ0v) is 17.2. The van der Waals surface area contributed by atoms with Crippen LogP contribution in [-0.2, 0) is 13.3 Å². The largest absolute Gasteiger partial charge is 0.500 e. The van der Waals surface area contributed by atoms with Gasteiger partial charge in [-0.05, 0) is 54.9 Å². The molecule has 0 spiro atoms. The van der Waals surface area contributed by atoms with Crippen molar-refractivity contribution in [3.05, 3.63) is 6.92 Å². The van der Waals surface area contributed by atoms with Gasteiger partial charge < -0.3 is 13.3 Å². The predicted octanol–water partition coefficient (Wildman–Crippen LogP) is 4.79. The molecule has 0 rings (SSSR count). The minimum absolute atomic E-state index is 0.630. The van der Waals surface area contributed by atoms with Gasteiger partial charge in [-0.1, -0.05) is 6.92 Å². The number of hydrogen-bond acceptors (Lipinski definition) is 6. The molecule has 0 aromatic heterocycles. The Hall–Kier alpha value is 1.50. The van der Waals surface area contributed by atoms with Crippen molar-refractivity contribution in [2.45, 2.75) is 39.7 Å². The maximum absolute atomic E-state index is 5.86. The highest BCUT2D eigenvalue weighted by Crippen LogP contribution is 2.66. The van der Waals surface area contributed by atoms with Crippen LogP contribution in [0.15, 0.2) is 0 Å². The third-order valence-corrected chi connectivity index (χ3v) is 15.1. The second kappa shape index (κ2) is 12.0. The smallest absolute Gasteiger partial charge is 0.374 e. The second-order valence-corrected chi connectivity index (χ2v) is 16.0. The molecule has 0 bridgehead atoms. The van der Waals surface area contributed by atoms with Crippen LogP contribution in [-0.4, -0.2) is 40.1 Å². The Labute approximate surface area is 141 Å². The van der Waals surface area contributed by atoms with Crippen LogP contribution >= 0.6 is 41.2 Å². The molecule has 0 aliphatic carbocycles. The van der Waals surface area contributed by atoms with E-state index in [4.69, 9.17) is 24.9 Å². The molecule has 123 valence electrons. The van der Waals surface area contributed by atoms with E-state index in [9.17, 15) is 0 Å². The molecule has 1 atom stereocenters. The lowest BCUT2D eigenvalue weighted by Crippen LogP contribution is -2.46. The SMILES string of the molecule is [CH2]CCS(S)(CCC[Si](OCC)(OCC)OCC)SS. The Morgan fingerprint density at radius 3 is 1.90 bits per heavy atom. The molecule has 0 N–H and O–H groups in total. The molecule has 1 radical (unpaired) electrons. The van der Waals surface area contributed by atoms with E-state index in [0.29, 0.717) is 19.8 Å². The van der Waals surface area contributed by atoms with E-state index >= 15 is 0 Å². The lowest BCUT2D eigenvalue weighted by Gasteiger charge is -2.33. The summed E-state index contributed by atoms with van der Waals surface area (Å²) in [6.07, 6.45) is 1.90. The Bertz CT molecular complexity index is 232. The lowest BCUT2D eigenvalue weighted by molar-refractivity contribution is 0.0712. The minimum atomic E-state index is -2.50. The van der Waals surface area contributed by atoms with Gasteiger partial charge in [0.25, 0.3) is 0 Å². The highest BCUT2D eigenvalue weighted by molar-refractivity contribution is 9.33. The Morgan fingerprint density at radius 2 is 1.55 bits per heavy atom. The molecule has 0 aromatic rings. The van der Waals surface area contributed by atoms with Crippen LogP contribution in [0, 0.1) is 6.92 Å². The second-order valence-electron chi connectivity index (χ2n) is 4.19. The quantitative estimate of drug-likeness (QED) is 0.274. The molecular weight excluding hydrogens is 348 g/mol. The summed E-state index contributed by atoms with van der Waals surface area (Å²) in [5, 5.41) is 0. The van der Waals surface area contributed by atoms with Crippen molar-refractivity contribution >= 4 is 50.0 Å². The van der Waals surface area contributed by atoms with Gasteiger partial charge in [0.2, 0.25) is 0 Å². The first-order chi connectivity index (χ1) is 9.51. The van der Waals surface area contributed by atoms with Gasteiger partial charge in [0.05, 0.1) is 0 Å². The van der Waals surface area contributed by atoms with Crippen molar-refractivity contribution in [3.63, 3.8) is 0 Å². The summed E-state index contributed by atoms with van der Waals surface area (Å²) in [6.45, 7) is 11.8. The molecule has 0 saturated heterocycles. The van der Waals surface area contributed by atoms with Crippen molar-refractivity contribution in [1.82, 2.24) is 0 Å². The third kappa shape index (κ3) is 8.21. The van der Waals surface area contributed by atoms with Crippen LogP contribution in [0.2, 0.25) is 6.04 Å². The van der Waals surface area contributed by atoms with E-state index in [1.165, 1.54) is 0 Å².